The fraction of sp³-hybridized carbons (Fsp3) is 0.273. The Bertz CT molecular complexity index is 842. The summed E-state index contributed by atoms with van der Waals surface area (Å²) in [5, 5.41) is 10.4. The van der Waals surface area contributed by atoms with E-state index in [2.05, 4.69) is 38.1 Å². The van der Waals surface area contributed by atoms with Gasteiger partial charge in [0.2, 0.25) is 11.6 Å². The van der Waals surface area contributed by atoms with Crippen LogP contribution in [0.3, 0.4) is 0 Å². The van der Waals surface area contributed by atoms with Crippen molar-refractivity contribution in [1.82, 2.24) is 0 Å². The van der Waals surface area contributed by atoms with Gasteiger partial charge in [-0.15, -0.1) is 0 Å². The molecule has 0 amide bonds. The molecule has 0 saturated carbocycles. The molecule has 2 aromatic rings. The Balaban J connectivity index is 1.72. The summed E-state index contributed by atoms with van der Waals surface area (Å²) in [6, 6.07) is 15.2. The average Bonchev–Trinajstić information content (AvgIpc) is 2.63. The molecule has 3 rings (SSSR count). The van der Waals surface area contributed by atoms with Gasteiger partial charge < -0.3 is 5.11 Å². The van der Waals surface area contributed by atoms with Crippen LogP contribution in [0.4, 0.5) is 0 Å². The lowest BCUT2D eigenvalue weighted by atomic mass is 9.86. The van der Waals surface area contributed by atoms with Crippen LogP contribution in [0.1, 0.15) is 59.7 Å². The number of ketones is 2. The molecular formula is C22H22O3. The predicted molar refractivity (Wildman–Crippen MR) is 98.8 cm³/mol. The molecule has 0 atom stereocenters. The van der Waals surface area contributed by atoms with Gasteiger partial charge in [-0.05, 0) is 36.3 Å². The fourth-order valence-corrected chi connectivity index (χ4v) is 3.19. The third-order valence-electron chi connectivity index (χ3n) is 4.73. The highest BCUT2D eigenvalue weighted by atomic mass is 16.3. The van der Waals surface area contributed by atoms with E-state index in [0.29, 0.717) is 24.3 Å². The maximum absolute atomic E-state index is 12.3. The van der Waals surface area contributed by atoms with Crippen molar-refractivity contribution in [2.24, 2.45) is 0 Å². The van der Waals surface area contributed by atoms with Crippen LogP contribution in [0.5, 0.6) is 0 Å². The second-order valence-electron chi connectivity index (χ2n) is 6.78. The van der Waals surface area contributed by atoms with E-state index in [9.17, 15) is 14.7 Å². The van der Waals surface area contributed by atoms with Gasteiger partial charge in [-0.25, -0.2) is 0 Å². The molecule has 3 heteroatoms. The summed E-state index contributed by atoms with van der Waals surface area (Å²) in [6.45, 7) is 4.32. The molecule has 1 aliphatic carbocycles. The fourth-order valence-electron chi connectivity index (χ4n) is 3.19. The van der Waals surface area contributed by atoms with Gasteiger partial charge in [-0.3, -0.25) is 9.59 Å². The van der Waals surface area contributed by atoms with Crippen LogP contribution in [0.15, 0.2) is 54.1 Å². The predicted octanol–water partition coefficient (Wildman–Crippen LogP) is 4.87. The van der Waals surface area contributed by atoms with E-state index in [-0.39, 0.29) is 16.9 Å². The SMILES string of the molecule is CC(C)c1ccc(CCCC2=C(O)c3ccccc3C(=O)C2=O)cc1. The number of aliphatic hydroxyl groups is 1. The Labute approximate surface area is 148 Å². The van der Waals surface area contributed by atoms with Gasteiger partial charge in [-0.2, -0.15) is 0 Å². The van der Waals surface area contributed by atoms with Crippen molar-refractivity contribution in [2.75, 3.05) is 0 Å². The number of allylic oxidation sites excluding steroid dienone is 1. The number of hydrogen-bond donors (Lipinski definition) is 1. The molecule has 2 aromatic carbocycles. The van der Waals surface area contributed by atoms with Crippen molar-refractivity contribution in [3.8, 4) is 0 Å². The second-order valence-corrected chi connectivity index (χ2v) is 6.78. The van der Waals surface area contributed by atoms with Crippen LogP contribution in [-0.2, 0) is 11.2 Å². The molecule has 25 heavy (non-hydrogen) atoms. The molecule has 128 valence electrons. The van der Waals surface area contributed by atoms with E-state index < -0.39 is 11.6 Å². The minimum Gasteiger partial charge on any atom is -0.507 e. The molecule has 1 aliphatic rings. The van der Waals surface area contributed by atoms with E-state index in [1.165, 1.54) is 11.1 Å². The number of fused-ring (bicyclic) bond motifs is 1. The molecule has 1 N–H and O–H groups in total. The molecule has 0 radical (unpaired) electrons. The first-order valence-electron chi connectivity index (χ1n) is 8.68. The minimum atomic E-state index is -0.577. The van der Waals surface area contributed by atoms with Crippen molar-refractivity contribution >= 4 is 17.3 Å². The summed E-state index contributed by atoms with van der Waals surface area (Å²) >= 11 is 0. The Morgan fingerprint density at radius 2 is 1.48 bits per heavy atom. The van der Waals surface area contributed by atoms with Crippen molar-refractivity contribution in [3.05, 3.63) is 76.4 Å². The molecule has 0 aliphatic heterocycles. The van der Waals surface area contributed by atoms with E-state index >= 15 is 0 Å². The Kier molecular flexibility index (Phi) is 4.84. The van der Waals surface area contributed by atoms with Crippen LogP contribution < -0.4 is 0 Å². The maximum Gasteiger partial charge on any atom is 0.234 e. The number of hydrogen-bond acceptors (Lipinski definition) is 3. The number of carbonyl (C=O) groups excluding carboxylic acids is 2. The number of aliphatic hydroxyl groups excluding tert-OH is 1. The zero-order valence-electron chi connectivity index (χ0n) is 14.6. The highest BCUT2D eigenvalue weighted by molar-refractivity contribution is 6.52. The molecule has 0 aromatic heterocycles. The highest BCUT2D eigenvalue weighted by Crippen LogP contribution is 2.30. The summed E-state index contributed by atoms with van der Waals surface area (Å²) in [7, 11) is 0. The standard InChI is InChI=1S/C22H22O3/c1-14(2)16-12-10-15(11-13-16)6-5-9-19-20(23)17-7-3-4-8-18(17)21(24)22(19)25/h3-4,7-8,10-14,23H,5-6,9H2,1-2H3. The van der Waals surface area contributed by atoms with Crippen LogP contribution in [0.2, 0.25) is 0 Å². The van der Waals surface area contributed by atoms with Gasteiger partial charge in [0.15, 0.2) is 0 Å². The lowest BCUT2D eigenvalue weighted by molar-refractivity contribution is -0.112. The number of rotatable bonds is 5. The molecular weight excluding hydrogens is 312 g/mol. The molecule has 0 spiro atoms. The third kappa shape index (κ3) is 3.41. The summed E-state index contributed by atoms with van der Waals surface area (Å²) in [4.78, 5) is 24.5. The van der Waals surface area contributed by atoms with Crippen LogP contribution >= 0.6 is 0 Å². The van der Waals surface area contributed by atoms with Gasteiger partial charge in [0, 0.05) is 16.7 Å². The van der Waals surface area contributed by atoms with Gasteiger partial charge >= 0.3 is 0 Å². The van der Waals surface area contributed by atoms with Gasteiger partial charge in [0.1, 0.15) is 5.76 Å². The quantitative estimate of drug-likeness (QED) is 0.794. The summed E-state index contributed by atoms with van der Waals surface area (Å²) in [5.41, 5.74) is 3.48. The zero-order chi connectivity index (χ0) is 18.0. The Morgan fingerprint density at radius 1 is 0.840 bits per heavy atom. The molecule has 0 unspecified atom stereocenters. The number of carbonyl (C=O) groups is 2. The van der Waals surface area contributed by atoms with Crippen LogP contribution in [0.25, 0.3) is 5.76 Å². The topological polar surface area (TPSA) is 54.4 Å². The summed E-state index contributed by atoms with van der Waals surface area (Å²) in [6.07, 6.45) is 1.91. The normalized spacial score (nSPS) is 14.2. The van der Waals surface area contributed by atoms with Gasteiger partial charge in [0.25, 0.3) is 0 Å². The molecule has 0 fully saturated rings. The lowest BCUT2D eigenvalue weighted by Crippen LogP contribution is -2.24. The monoisotopic (exact) mass is 334 g/mol. The van der Waals surface area contributed by atoms with Crippen LogP contribution in [0, 0.1) is 0 Å². The van der Waals surface area contributed by atoms with Gasteiger partial charge in [0.05, 0.1) is 0 Å². The maximum atomic E-state index is 12.3. The first-order valence-corrected chi connectivity index (χ1v) is 8.68. The number of benzene rings is 2. The van der Waals surface area contributed by atoms with E-state index in [1.54, 1.807) is 24.3 Å². The van der Waals surface area contributed by atoms with E-state index in [0.717, 1.165) is 6.42 Å². The van der Waals surface area contributed by atoms with Crippen molar-refractivity contribution in [3.63, 3.8) is 0 Å². The smallest absolute Gasteiger partial charge is 0.234 e. The molecule has 0 heterocycles. The third-order valence-corrected chi connectivity index (χ3v) is 4.73. The molecule has 3 nitrogen and oxygen atoms in total. The van der Waals surface area contributed by atoms with Crippen LogP contribution in [-0.4, -0.2) is 16.7 Å². The highest BCUT2D eigenvalue weighted by Gasteiger charge is 2.31. The average molecular weight is 334 g/mol. The lowest BCUT2D eigenvalue weighted by Gasteiger charge is -2.17. The number of Topliss-reactive ketones (excluding diaryl/α,β-unsaturated/α-hetero) is 2. The van der Waals surface area contributed by atoms with Crippen molar-refractivity contribution < 1.29 is 14.7 Å². The zero-order valence-corrected chi connectivity index (χ0v) is 14.6. The molecule has 0 saturated heterocycles. The Morgan fingerprint density at radius 3 is 2.12 bits per heavy atom. The van der Waals surface area contributed by atoms with Gasteiger partial charge in [-0.1, -0.05) is 62.4 Å². The largest absolute Gasteiger partial charge is 0.507 e. The Hall–Kier alpha value is -2.68. The van der Waals surface area contributed by atoms with Crippen molar-refractivity contribution in [1.29, 1.82) is 0 Å². The van der Waals surface area contributed by atoms with E-state index in [1.807, 2.05) is 0 Å². The first kappa shape index (κ1) is 17.2. The summed E-state index contributed by atoms with van der Waals surface area (Å²) in [5.74, 6) is -0.645. The first-order chi connectivity index (χ1) is 12.0. The number of aryl methyl sites for hydroxylation is 1. The van der Waals surface area contributed by atoms with E-state index in [4.69, 9.17) is 0 Å². The minimum absolute atomic E-state index is 0.0460. The molecule has 0 bridgehead atoms. The second kappa shape index (κ2) is 7.06. The van der Waals surface area contributed by atoms with Crippen molar-refractivity contribution in [2.45, 2.75) is 39.0 Å². The summed E-state index contributed by atoms with van der Waals surface area (Å²) < 4.78 is 0.